The van der Waals surface area contributed by atoms with E-state index < -0.39 is 11.8 Å². The molecule has 0 aromatic heterocycles. The van der Waals surface area contributed by atoms with Gasteiger partial charge < -0.3 is 9.47 Å². The van der Waals surface area contributed by atoms with Crippen molar-refractivity contribution >= 4 is 51.7 Å². The van der Waals surface area contributed by atoms with E-state index >= 15 is 0 Å². The molecule has 1 N–H and O–H groups in total. The third kappa shape index (κ3) is 4.82. The van der Waals surface area contributed by atoms with Gasteiger partial charge in [-0.25, -0.2) is 0 Å². The lowest BCUT2D eigenvalue weighted by atomic mass is 10.1. The van der Waals surface area contributed by atoms with Crippen molar-refractivity contribution < 1.29 is 19.1 Å². The van der Waals surface area contributed by atoms with Crippen LogP contribution in [-0.4, -0.2) is 24.0 Å². The highest BCUT2D eigenvalue weighted by Crippen LogP contribution is 2.25. The van der Waals surface area contributed by atoms with Gasteiger partial charge in [-0.3, -0.25) is 19.8 Å². The van der Waals surface area contributed by atoms with Crippen molar-refractivity contribution in [2.75, 3.05) is 12.0 Å². The number of hydrogen-bond donors (Lipinski definition) is 1. The molecule has 0 bridgehead atoms. The van der Waals surface area contributed by atoms with E-state index in [0.717, 1.165) is 5.56 Å². The summed E-state index contributed by atoms with van der Waals surface area (Å²) in [4.78, 5) is 27.0. The maximum absolute atomic E-state index is 13.2. The first kappa shape index (κ1) is 23.3. The van der Waals surface area contributed by atoms with Crippen LogP contribution < -0.4 is 19.7 Å². The minimum absolute atomic E-state index is 0.00995. The largest absolute Gasteiger partial charge is 0.497 e. The van der Waals surface area contributed by atoms with E-state index in [1.165, 1.54) is 15.7 Å². The number of nitrogens with zero attached hydrogens (tertiary/aromatic N) is 1. The second-order valence-corrected chi connectivity index (χ2v) is 8.58. The van der Waals surface area contributed by atoms with Gasteiger partial charge in [0.15, 0.2) is 5.11 Å². The number of anilines is 1. The van der Waals surface area contributed by atoms with Crippen LogP contribution in [0.4, 0.5) is 5.69 Å². The number of rotatable bonds is 6. The average Bonchev–Trinajstić information content (AvgIpc) is 2.90. The van der Waals surface area contributed by atoms with E-state index in [1.54, 1.807) is 49.6 Å². The molecular weight excluding hydrogens is 472 g/mol. The van der Waals surface area contributed by atoms with Crippen molar-refractivity contribution in [2.45, 2.75) is 6.61 Å². The molecule has 1 fully saturated rings. The molecule has 36 heavy (non-hydrogen) atoms. The number of fused-ring (bicyclic) bond motifs is 1. The van der Waals surface area contributed by atoms with Crippen LogP contribution in [0.1, 0.15) is 11.1 Å². The number of nitrogens with one attached hydrogen (secondary N) is 1. The lowest BCUT2D eigenvalue weighted by molar-refractivity contribution is -0.122. The molecule has 2 amide bonds. The highest BCUT2D eigenvalue weighted by Gasteiger charge is 2.34. The van der Waals surface area contributed by atoms with Crippen LogP contribution in [0, 0.1) is 0 Å². The Bertz CT molecular complexity index is 1490. The number of carbonyl (C=O) groups is 2. The van der Waals surface area contributed by atoms with Crippen molar-refractivity contribution in [3.8, 4) is 11.5 Å². The summed E-state index contributed by atoms with van der Waals surface area (Å²) in [6.07, 6.45) is 1.54. The summed E-state index contributed by atoms with van der Waals surface area (Å²) < 4.78 is 11.1. The van der Waals surface area contributed by atoms with Crippen LogP contribution in [-0.2, 0) is 16.2 Å². The topological polar surface area (TPSA) is 67.9 Å². The summed E-state index contributed by atoms with van der Waals surface area (Å²) in [6.45, 7) is 0.431. The maximum atomic E-state index is 13.2. The number of methoxy groups -OCH3 is 1. The molecule has 1 heterocycles. The molecule has 0 unspecified atom stereocenters. The fraction of sp³-hybridized carbons (Fsp3) is 0.0690. The van der Waals surface area contributed by atoms with Crippen LogP contribution in [0.25, 0.3) is 16.8 Å². The minimum Gasteiger partial charge on any atom is -0.497 e. The van der Waals surface area contributed by atoms with Crippen molar-refractivity contribution in [3.63, 3.8) is 0 Å². The Hall–Kier alpha value is -4.49. The number of carbonyl (C=O) groups excluding carboxylic acids is 2. The highest BCUT2D eigenvalue weighted by atomic mass is 32.1. The molecular formula is C29H22N2O4S. The lowest BCUT2D eigenvalue weighted by Gasteiger charge is -2.29. The Morgan fingerprint density at radius 3 is 2.28 bits per heavy atom. The van der Waals surface area contributed by atoms with Crippen LogP contribution >= 0.6 is 12.2 Å². The van der Waals surface area contributed by atoms with E-state index in [0.29, 0.717) is 29.4 Å². The van der Waals surface area contributed by atoms with Gasteiger partial charge in [-0.05, 0) is 82.7 Å². The first-order chi connectivity index (χ1) is 17.5. The Balaban J connectivity index is 1.30. The molecule has 5 rings (SSSR count). The summed E-state index contributed by atoms with van der Waals surface area (Å²) in [6, 6.07) is 28.5. The van der Waals surface area contributed by atoms with E-state index in [1.807, 2.05) is 30.3 Å². The Morgan fingerprint density at radius 2 is 1.56 bits per heavy atom. The predicted octanol–water partition coefficient (Wildman–Crippen LogP) is 5.26. The molecule has 6 nitrogen and oxygen atoms in total. The molecule has 4 aromatic carbocycles. The van der Waals surface area contributed by atoms with Gasteiger partial charge in [-0.15, -0.1) is 0 Å². The van der Waals surface area contributed by atoms with Gasteiger partial charge in [-0.1, -0.05) is 48.5 Å². The molecule has 0 radical (unpaired) electrons. The molecule has 1 aliphatic rings. The van der Waals surface area contributed by atoms with Crippen molar-refractivity contribution in [1.29, 1.82) is 0 Å². The third-order valence-electron chi connectivity index (χ3n) is 5.84. The zero-order valence-corrected chi connectivity index (χ0v) is 20.2. The number of hydrogen-bond acceptors (Lipinski definition) is 5. The molecule has 0 spiro atoms. The van der Waals surface area contributed by atoms with Gasteiger partial charge in [0.2, 0.25) is 0 Å². The SMILES string of the molecule is COc1ccc(N2C(=O)/C(=C\c3ccc(OCc4ccc5ccccc5c4)cc3)C(=O)NC2=S)cc1. The lowest BCUT2D eigenvalue weighted by Crippen LogP contribution is -2.54. The Morgan fingerprint density at radius 1 is 0.861 bits per heavy atom. The van der Waals surface area contributed by atoms with E-state index in [2.05, 4.69) is 29.6 Å². The van der Waals surface area contributed by atoms with Crippen LogP contribution in [0.3, 0.4) is 0 Å². The first-order valence-corrected chi connectivity index (χ1v) is 11.7. The van der Waals surface area contributed by atoms with Crippen molar-refractivity contribution in [1.82, 2.24) is 5.32 Å². The van der Waals surface area contributed by atoms with Crippen LogP contribution in [0.15, 0.2) is 96.6 Å². The maximum Gasteiger partial charge on any atom is 0.270 e. The normalized spacial score (nSPS) is 14.8. The molecule has 1 saturated heterocycles. The summed E-state index contributed by atoms with van der Waals surface area (Å²) >= 11 is 5.25. The van der Waals surface area contributed by atoms with Crippen molar-refractivity contribution in [3.05, 3.63) is 108 Å². The van der Waals surface area contributed by atoms with E-state index in [9.17, 15) is 9.59 Å². The van der Waals surface area contributed by atoms with Gasteiger partial charge in [0.1, 0.15) is 23.7 Å². The van der Waals surface area contributed by atoms with Crippen LogP contribution in [0.5, 0.6) is 11.5 Å². The van der Waals surface area contributed by atoms with Crippen molar-refractivity contribution in [2.24, 2.45) is 0 Å². The van der Waals surface area contributed by atoms with Crippen LogP contribution in [0.2, 0.25) is 0 Å². The standard InChI is InChI=1S/C29H22N2O4S/c1-34-24-14-10-23(11-15-24)31-28(33)26(27(32)30-29(31)36)17-19-7-12-25(13-8-19)35-18-20-6-9-21-4-2-3-5-22(21)16-20/h2-17H,18H2,1H3,(H,30,32,36)/b26-17-. The molecule has 4 aromatic rings. The Kier molecular flexibility index (Phi) is 6.47. The van der Waals surface area contributed by atoms with Gasteiger partial charge in [0, 0.05) is 0 Å². The number of amides is 2. The van der Waals surface area contributed by atoms with Gasteiger partial charge >= 0.3 is 0 Å². The summed E-state index contributed by atoms with van der Waals surface area (Å²) in [5.41, 5.74) is 2.28. The quantitative estimate of drug-likeness (QED) is 0.225. The monoisotopic (exact) mass is 494 g/mol. The first-order valence-electron chi connectivity index (χ1n) is 11.3. The zero-order valence-electron chi connectivity index (χ0n) is 19.4. The van der Waals surface area contributed by atoms with Gasteiger partial charge in [0.25, 0.3) is 11.8 Å². The molecule has 1 aliphatic heterocycles. The fourth-order valence-corrected chi connectivity index (χ4v) is 4.23. The summed E-state index contributed by atoms with van der Waals surface area (Å²) in [5, 5.41) is 4.98. The summed E-state index contributed by atoms with van der Waals surface area (Å²) in [7, 11) is 1.56. The number of ether oxygens (including phenoxy) is 2. The van der Waals surface area contributed by atoms with Gasteiger partial charge in [0.05, 0.1) is 12.8 Å². The second-order valence-electron chi connectivity index (χ2n) is 8.20. The predicted molar refractivity (Wildman–Crippen MR) is 144 cm³/mol. The van der Waals surface area contributed by atoms with E-state index in [4.69, 9.17) is 21.7 Å². The third-order valence-corrected chi connectivity index (χ3v) is 6.13. The Labute approximate surface area is 213 Å². The molecule has 0 aliphatic carbocycles. The number of benzene rings is 4. The molecule has 0 saturated carbocycles. The minimum atomic E-state index is -0.536. The molecule has 178 valence electrons. The molecule has 0 atom stereocenters. The zero-order chi connectivity index (χ0) is 25.1. The van der Waals surface area contributed by atoms with E-state index in [-0.39, 0.29) is 10.7 Å². The van der Waals surface area contributed by atoms with Gasteiger partial charge in [-0.2, -0.15) is 0 Å². The smallest absolute Gasteiger partial charge is 0.270 e. The highest BCUT2D eigenvalue weighted by molar-refractivity contribution is 7.80. The second kappa shape index (κ2) is 10.0. The summed E-state index contributed by atoms with van der Waals surface area (Å²) in [5.74, 6) is 0.305. The molecule has 7 heteroatoms. The fourth-order valence-electron chi connectivity index (χ4n) is 3.95. The number of thiocarbonyl (C=S) groups is 1. The average molecular weight is 495 g/mol.